The average molecular weight is 201 g/mol. The summed E-state index contributed by atoms with van der Waals surface area (Å²) < 4.78 is 10.8. The Balaban J connectivity index is 2.24. The molecular weight excluding hydrogens is 190 g/mol. The molecule has 3 nitrogen and oxygen atoms in total. The first-order valence-corrected chi connectivity index (χ1v) is 4.69. The van der Waals surface area contributed by atoms with Crippen molar-refractivity contribution in [3.8, 4) is 17.6 Å². The highest BCUT2D eigenvalue weighted by molar-refractivity contribution is 5.74. The molecule has 2 aromatic rings. The predicted molar refractivity (Wildman–Crippen MR) is 57.7 cm³/mol. The third-order valence-electron chi connectivity index (χ3n) is 1.95. The molecule has 2 rings (SSSR count). The van der Waals surface area contributed by atoms with Gasteiger partial charge in [0.1, 0.15) is 17.9 Å². The van der Waals surface area contributed by atoms with Crippen LogP contribution in [0.1, 0.15) is 12.8 Å². The zero-order chi connectivity index (χ0) is 10.7. The summed E-state index contributed by atoms with van der Waals surface area (Å²) in [5.41, 5.74) is 1.59. The topological polar surface area (TPSA) is 35.3 Å². The van der Waals surface area contributed by atoms with E-state index in [9.17, 15) is 0 Å². The van der Waals surface area contributed by atoms with E-state index in [-0.39, 0.29) is 0 Å². The number of fused-ring (bicyclic) bond motifs is 1. The van der Waals surface area contributed by atoms with Crippen molar-refractivity contribution in [3.05, 3.63) is 24.1 Å². The molecule has 0 amide bonds. The van der Waals surface area contributed by atoms with Crippen LogP contribution in [-0.4, -0.2) is 11.6 Å². The molecule has 0 N–H and O–H groups in total. The minimum absolute atomic E-state index is 0.402. The Morgan fingerprint density at radius 3 is 3.13 bits per heavy atom. The number of benzene rings is 1. The van der Waals surface area contributed by atoms with Crippen molar-refractivity contribution in [1.82, 2.24) is 4.98 Å². The molecule has 0 fully saturated rings. The lowest BCUT2D eigenvalue weighted by Crippen LogP contribution is -1.93. The van der Waals surface area contributed by atoms with E-state index in [1.165, 1.54) is 0 Å². The molecule has 0 spiro atoms. The lowest BCUT2D eigenvalue weighted by Gasteiger charge is -1.99. The van der Waals surface area contributed by atoms with Crippen LogP contribution in [-0.2, 0) is 0 Å². The van der Waals surface area contributed by atoms with Gasteiger partial charge in [0.05, 0.1) is 0 Å². The highest BCUT2D eigenvalue weighted by Gasteiger charge is 2.02. The quantitative estimate of drug-likeness (QED) is 0.700. The number of rotatable bonds is 2. The standard InChI is InChI=1S/C12H11NO2/c1-3-4-7-14-10-5-6-12-11(8-10)13-9(2)15-12/h5-6,8H,7H2,1-2H3. The van der Waals surface area contributed by atoms with Crippen molar-refractivity contribution < 1.29 is 9.15 Å². The van der Waals surface area contributed by atoms with E-state index >= 15 is 0 Å². The number of ether oxygens (including phenoxy) is 1. The van der Waals surface area contributed by atoms with Crippen LogP contribution in [0.3, 0.4) is 0 Å². The highest BCUT2D eigenvalue weighted by Crippen LogP contribution is 2.20. The molecule has 0 bridgehead atoms. The molecule has 0 saturated heterocycles. The maximum Gasteiger partial charge on any atom is 0.192 e. The summed E-state index contributed by atoms with van der Waals surface area (Å²) in [5.74, 6) is 7.03. The summed E-state index contributed by atoms with van der Waals surface area (Å²) in [7, 11) is 0. The van der Waals surface area contributed by atoms with Gasteiger partial charge in [0, 0.05) is 13.0 Å². The number of aromatic nitrogens is 1. The van der Waals surface area contributed by atoms with Gasteiger partial charge in [-0.05, 0) is 19.1 Å². The van der Waals surface area contributed by atoms with Crippen LogP contribution in [0.4, 0.5) is 0 Å². The van der Waals surface area contributed by atoms with Gasteiger partial charge >= 0.3 is 0 Å². The fraction of sp³-hybridized carbons (Fsp3) is 0.250. The van der Waals surface area contributed by atoms with Crippen LogP contribution in [0.25, 0.3) is 11.1 Å². The molecule has 1 aromatic heterocycles. The Morgan fingerprint density at radius 2 is 2.33 bits per heavy atom. The first-order valence-electron chi connectivity index (χ1n) is 4.69. The normalized spacial score (nSPS) is 9.73. The van der Waals surface area contributed by atoms with Gasteiger partial charge in [-0.2, -0.15) is 0 Å². The second-order valence-electron chi connectivity index (χ2n) is 3.08. The number of hydrogen-bond donors (Lipinski definition) is 0. The van der Waals surface area contributed by atoms with E-state index in [2.05, 4.69) is 16.8 Å². The van der Waals surface area contributed by atoms with Crippen LogP contribution in [0.2, 0.25) is 0 Å². The first kappa shape index (κ1) is 9.60. The summed E-state index contributed by atoms with van der Waals surface area (Å²) >= 11 is 0. The Labute approximate surface area is 88.1 Å². The van der Waals surface area contributed by atoms with Gasteiger partial charge in [0.25, 0.3) is 0 Å². The summed E-state index contributed by atoms with van der Waals surface area (Å²) in [4.78, 5) is 4.22. The van der Waals surface area contributed by atoms with Crippen molar-refractivity contribution in [2.45, 2.75) is 13.8 Å². The van der Waals surface area contributed by atoms with E-state index < -0.39 is 0 Å². The molecule has 15 heavy (non-hydrogen) atoms. The Morgan fingerprint density at radius 1 is 1.47 bits per heavy atom. The number of hydrogen-bond acceptors (Lipinski definition) is 3. The molecule has 1 aromatic carbocycles. The minimum Gasteiger partial charge on any atom is -0.481 e. The van der Waals surface area contributed by atoms with Crippen molar-refractivity contribution >= 4 is 11.1 Å². The van der Waals surface area contributed by atoms with Gasteiger partial charge in [-0.1, -0.05) is 5.92 Å². The summed E-state index contributed by atoms with van der Waals surface area (Å²) in [6.45, 7) is 4.01. The van der Waals surface area contributed by atoms with Gasteiger partial charge < -0.3 is 9.15 Å². The van der Waals surface area contributed by atoms with Crippen LogP contribution in [0.15, 0.2) is 22.6 Å². The zero-order valence-electron chi connectivity index (χ0n) is 8.70. The molecular formula is C12H11NO2. The van der Waals surface area contributed by atoms with Gasteiger partial charge in [-0.15, -0.1) is 5.92 Å². The van der Waals surface area contributed by atoms with Crippen molar-refractivity contribution in [2.24, 2.45) is 0 Å². The lowest BCUT2D eigenvalue weighted by molar-refractivity contribution is 0.370. The van der Waals surface area contributed by atoms with Crippen molar-refractivity contribution in [2.75, 3.05) is 6.61 Å². The van der Waals surface area contributed by atoms with Crippen molar-refractivity contribution in [3.63, 3.8) is 0 Å². The molecule has 76 valence electrons. The monoisotopic (exact) mass is 201 g/mol. The van der Waals surface area contributed by atoms with E-state index in [4.69, 9.17) is 9.15 Å². The van der Waals surface area contributed by atoms with E-state index in [0.717, 1.165) is 16.8 Å². The fourth-order valence-corrected chi connectivity index (χ4v) is 1.30. The van der Waals surface area contributed by atoms with Gasteiger partial charge in [0.2, 0.25) is 0 Å². The second-order valence-corrected chi connectivity index (χ2v) is 3.08. The second kappa shape index (κ2) is 4.05. The molecule has 3 heteroatoms. The zero-order valence-corrected chi connectivity index (χ0v) is 8.70. The number of aryl methyl sites for hydroxylation is 1. The minimum atomic E-state index is 0.402. The average Bonchev–Trinajstić information content (AvgIpc) is 2.57. The predicted octanol–water partition coefficient (Wildman–Crippen LogP) is 2.54. The third kappa shape index (κ3) is 2.10. The Kier molecular flexibility index (Phi) is 2.59. The summed E-state index contributed by atoms with van der Waals surface area (Å²) in [6, 6.07) is 5.55. The molecule has 0 unspecified atom stereocenters. The summed E-state index contributed by atoms with van der Waals surface area (Å²) in [6.07, 6.45) is 0. The number of nitrogens with zero attached hydrogens (tertiary/aromatic N) is 1. The SMILES string of the molecule is CC#CCOc1ccc2oc(C)nc2c1. The first-order chi connectivity index (χ1) is 7.29. The third-order valence-corrected chi connectivity index (χ3v) is 1.95. The van der Waals surface area contributed by atoms with E-state index in [1.54, 1.807) is 6.92 Å². The smallest absolute Gasteiger partial charge is 0.192 e. The Hall–Kier alpha value is -1.95. The van der Waals surface area contributed by atoms with Gasteiger partial charge in [-0.3, -0.25) is 0 Å². The molecule has 1 heterocycles. The molecule has 0 aliphatic rings. The van der Waals surface area contributed by atoms with Crippen LogP contribution < -0.4 is 4.74 Å². The van der Waals surface area contributed by atoms with Gasteiger partial charge in [0.15, 0.2) is 11.5 Å². The highest BCUT2D eigenvalue weighted by atomic mass is 16.5. The van der Waals surface area contributed by atoms with Crippen LogP contribution in [0.5, 0.6) is 5.75 Å². The molecule has 0 atom stereocenters. The molecule has 0 saturated carbocycles. The number of oxazole rings is 1. The molecule has 0 radical (unpaired) electrons. The Bertz CT molecular complexity index is 531. The molecule has 0 aliphatic carbocycles. The lowest BCUT2D eigenvalue weighted by atomic mass is 10.3. The van der Waals surface area contributed by atoms with Gasteiger partial charge in [-0.25, -0.2) is 4.98 Å². The van der Waals surface area contributed by atoms with Crippen molar-refractivity contribution in [1.29, 1.82) is 0 Å². The van der Waals surface area contributed by atoms with Crippen LogP contribution >= 0.6 is 0 Å². The van der Waals surface area contributed by atoms with E-state index in [1.807, 2.05) is 25.1 Å². The van der Waals surface area contributed by atoms with Crippen LogP contribution in [0, 0.1) is 18.8 Å². The van der Waals surface area contributed by atoms with E-state index in [0.29, 0.717) is 12.5 Å². The fourth-order valence-electron chi connectivity index (χ4n) is 1.30. The maximum absolute atomic E-state index is 5.41. The molecule has 0 aliphatic heterocycles. The summed E-state index contributed by atoms with van der Waals surface area (Å²) in [5, 5.41) is 0. The largest absolute Gasteiger partial charge is 0.481 e. The maximum atomic E-state index is 5.41.